The average molecular weight is 414 g/mol. The van der Waals surface area contributed by atoms with Crippen molar-refractivity contribution in [1.82, 2.24) is 0 Å². The van der Waals surface area contributed by atoms with Gasteiger partial charge in [0.15, 0.2) is 0 Å². The summed E-state index contributed by atoms with van der Waals surface area (Å²) in [6.45, 7) is 8.27. The Bertz CT molecular complexity index is 151. The maximum Gasteiger partial charge on any atom is 0 e. The van der Waals surface area contributed by atoms with Crippen molar-refractivity contribution in [2.75, 3.05) is 19.8 Å². The first kappa shape index (κ1) is 38.8. The van der Waals surface area contributed by atoms with Gasteiger partial charge in [0.05, 0.1) is 0 Å². The molecule has 0 fully saturated rings. The number of aliphatic hydroxyl groups excluding tert-OH is 3. The minimum Gasteiger partial charge on any atom is 0 e. The van der Waals surface area contributed by atoms with Gasteiger partial charge in [-0.05, 0) is 19.3 Å². The quantitative estimate of drug-likeness (QED) is 0.418. The molecule has 23 heavy (non-hydrogen) atoms. The standard InChI is InChI=1S/3C4H10O.C2H4O2.H2O.O.Ti.V/c3*1-2-3-4-5;1-2(3)4;;;;/h3*5H,2-4H2,1H3;1H3,(H,3,4);1H2;;;/q;;;;;;;+1/p-1. The van der Waals surface area contributed by atoms with Crippen LogP contribution >= 0.6 is 0 Å². The molecule has 0 saturated heterocycles. The van der Waals surface area contributed by atoms with E-state index in [-0.39, 0.29) is 21.7 Å². The van der Waals surface area contributed by atoms with E-state index in [1.807, 2.05) is 0 Å². The molecule has 0 aliphatic carbocycles. The summed E-state index contributed by atoms with van der Waals surface area (Å²) in [5.41, 5.74) is 0. The van der Waals surface area contributed by atoms with Gasteiger partial charge in [0.2, 0.25) is 0 Å². The van der Waals surface area contributed by atoms with E-state index in [2.05, 4.69) is 20.8 Å². The second-order valence-electron chi connectivity index (χ2n) is 3.83. The van der Waals surface area contributed by atoms with E-state index >= 15 is 0 Å². The summed E-state index contributed by atoms with van der Waals surface area (Å²) < 4.78 is 15.7. The molecule has 0 aliphatic rings. The number of aliphatic carboxylic acids is 1. The van der Waals surface area contributed by atoms with Crippen LogP contribution in [0.25, 0.3) is 0 Å². The number of hydrogen-bond donors (Lipinski definition) is 5. The van der Waals surface area contributed by atoms with Crippen LogP contribution in [0.1, 0.15) is 66.2 Å². The molecule has 5 N–H and O–H groups in total. The molecule has 0 bridgehead atoms. The molecule has 7 nitrogen and oxygen atoms in total. The molecule has 0 rings (SSSR count). The number of carboxylic acid groups (broad SMARTS) is 1. The molecule has 0 aliphatic heterocycles. The Kier molecular flexibility index (Phi) is 96.3. The van der Waals surface area contributed by atoms with E-state index in [1.165, 1.54) is 0 Å². The predicted octanol–water partition coefficient (Wildman–Crippen LogP) is 1.75. The number of carboxylic acids is 1. The van der Waals surface area contributed by atoms with Crippen molar-refractivity contribution >= 4 is 5.97 Å². The summed E-state index contributed by atoms with van der Waals surface area (Å²) in [5.74, 6) is -0.833. The van der Waals surface area contributed by atoms with Crippen LogP contribution in [0, 0.1) is 0 Å². The Balaban J connectivity index is -0.0000000393. The third-order valence-electron chi connectivity index (χ3n) is 1.54. The first-order valence-corrected chi connectivity index (χ1v) is 8.58. The van der Waals surface area contributed by atoms with Gasteiger partial charge in [-0.2, -0.15) is 0 Å². The van der Waals surface area contributed by atoms with Gasteiger partial charge in [0.1, 0.15) is 0 Å². The third kappa shape index (κ3) is 227. The van der Waals surface area contributed by atoms with Crippen LogP contribution in [0.5, 0.6) is 0 Å². The monoisotopic (exact) mass is 414 g/mol. The molecule has 0 aromatic carbocycles. The molecule has 9 heteroatoms. The molecular formula is C14H35O7TiV. The number of hydrogen-bond acceptors (Lipinski definition) is 5. The van der Waals surface area contributed by atoms with Crippen molar-refractivity contribution in [3.05, 3.63) is 0 Å². The topological polar surface area (TPSA) is 135 Å². The van der Waals surface area contributed by atoms with Crippen LogP contribution in [0.4, 0.5) is 0 Å². The van der Waals surface area contributed by atoms with E-state index in [0.29, 0.717) is 19.8 Å². The fourth-order valence-electron chi connectivity index (χ4n) is 0.474. The van der Waals surface area contributed by atoms with Gasteiger partial charge >= 0.3 is 24.3 Å². The number of unbranched alkanes of at least 4 members (excludes halogenated alkanes) is 3. The van der Waals surface area contributed by atoms with Gasteiger partial charge in [-0.15, -0.1) is 0 Å². The van der Waals surface area contributed by atoms with Crippen molar-refractivity contribution < 1.29 is 71.2 Å². The third-order valence-corrected chi connectivity index (χ3v) is 1.54. The fourth-order valence-corrected chi connectivity index (χ4v) is 0.474. The molecule has 0 unspecified atom stereocenters. The van der Waals surface area contributed by atoms with E-state index in [4.69, 9.17) is 32.9 Å². The zero-order valence-electron chi connectivity index (χ0n) is 14.9. The number of rotatable bonds is 6. The maximum atomic E-state index is 9.00. The molecule has 0 aromatic rings. The van der Waals surface area contributed by atoms with E-state index in [0.717, 1.165) is 45.4 Å². The number of aliphatic hydroxyl groups is 3. The zero-order valence-corrected chi connectivity index (χ0v) is 17.8. The van der Waals surface area contributed by atoms with Crippen LogP contribution in [-0.2, 0) is 46.8 Å². The molecule has 0 atom stereocenters. The second kappa shape index (κ2) is 57.1. The van der Waals surface area contributed by atoms with Crippen LogP contribution in [0.15, 0.2) is 0 Å². The summed E-state index contributed by atoms with van der Waals surface area (Å²) in [5, 5.41) is 31.6. The summed E-state index contributed by atoms with van der Waals surface area (Å²) in [4.78, 5) is 9.00. The van der Waals surface area contributed by atoms with E-state index in [1.54, 1.807) is 0 Å². The minimum absolute atomic E-state index is 0. The molecule has 0 saturated carbocycles. The van der Waals surface area contributed by atoms with E-state index < -0.39 is 22.6 Å². The first-order chi connectivity index (χ1) is 10.4. The smallest absolute Gasteiger partial charge is 0 e. The summed E-state index contributed by atoms with van der Waals surface area (Å²) >= 11 is -1.56. The molecule has 0 spiro atoms. The van der Waals surface area contributed by atoms with Crippen LogP contribution < -0.4 is 0 Å². The maximum absolute atomic E-state index is 9.00. The van der Waals surface area contributed by atoms with Crippen LogP contribution in [-0.4, -0.2) is 50.2 Å². The van der Waals surface area contributed by atoms with Gasteiger partial charge in [-0.1, -0.05) is 40.0 Å². The van der Waals surface area contributed by atoms with Crippen molar-refractivity contribution in [3.63, 3.8) is 0 Å². The normalized spacial score (nSPS) is 7.13. The summed E-state index contributed by atoms with van der Waals surface area (Å²) in [6.07, 6.45) is 6.11. The molecule has 0 heterocycles. The summed E-state index contributed by atoms with van der Waals surface area (Å²) in [6, 6.07) is 0. The molecule has 0 amide bonds. The van der Waals surface area contributed by atoms with Gasteiger partial charge in [-0.3, -0.25) is 4.79 Å². The van der Waals surface area contributed by atoms with E-state index in [9.17, 15) is 0 Å². The van der Waals surface area contributed by atoms with Crippen molar-refractivity contribution in [1.29, 1.82) is 0 Å². The Morgan fingerprint density at radius 3 is 0.957 bits per heavy atom. The predicted molar refractivity (Wildman–Crippen MR) is 82.2 cm³/mol. The molecule has 142 valence electrons. The molecule has 0 radical (unpaired) electrons. The minimum atomic E-state index is -1.56. The Labute approximate surface area is 163 Å². The van der Waals surface area contributed by atoms with Crippen LogP contribution in [0.3, 0.4) is 0 Å². The van der Waals surface area contributed by atoms with Gasteiger partial charge in [-0.25, -0.2) is 0 Å². The first-order valence-electron chi connectivity index (χ1n) is 7.38. The Morgan fingerprint density at radius 1 is 0.826 bits per heavy atom. The van der Waals surface area contributed by atoms with Crippen molar-refractivity contribution in [2.24, 2.45) is 0 Å². The Morgan fingerprint density at radius 2 is 0.957 bits per heavy atom. The average Bonchev–Trinajstić information content (AvgIpc) is 2.43. The van der Waals surface area contributed by atoms with Crippen LogP contribution in [0.2, 0.25) is 0 Å². The zero-order chi connectivity index (χ0) is 18.6. The SMILES string of the molecule is CC(=O)O.CCCCO.CCCCO.CCCCO.[O]=[V][OH].[Ti]. The van der Waals surface area contributed by atoms with Gasteiger partial charge < -0.3 is 20.4 Å². The fraction of sp³-hybridized carbons (Fsp3) is 0.929. The van der Waals surface area contributed by atoms with Gasteiger partial charge in [0.25, 0.3) is 5.97 Å². The largest absolute Gasteiger partial charge is 0 e. The Hall–Kier alpha value is 0.409. The summed E-state index contributed by atoms with van der Waals surface area (Å²) in [7, 11) is 0. The van der Waals surface area contributed by atoms with Crippen molar-refractivity contribution in [2.45, 2.75) is 66.2 Å². The van der Waals surface area contributed by atoms with Gasteiger partial charge in [0, 0.05) is 48.5 Å². The molecular weight excluding hydrogens is 379 g/mol. The molecule has 0 aromatic heterocycles. The second-order valence-corrected chi connectivity index (χ2v) is 4.09. The number of carbonyl (C=O) groups is 1. The van der Waals surface area contributed by atoms with Crippen molar-refractivity contribution in [3.8, 4) is 0 Å².